The van der Waals surface area contributed by atoms with Crippen molar-refractivity contribution in [1.82, 2.24) is 9.97 Å². The van der Waals surface area contributed by atoms with Gasteiger partial charge in [-0.2, -0.15) is 11.8 Å². The Bertz CT molecular complexity index is 687. The fraction of sp³-hybridized carbons (Fsp3) is 0.529. The van der Waals surface area contributed by atoms with E-state index in [1.807, 2.05) is 36.9 Å². The zero-order valence-corrected chi connectivity index (χ0v) is 13.5. The quantitative estimate of drug-likeness (QED) is 0.930. The Labute approximate surface area is 129 Å². The van der Waals surface area contributed by atoms with Gasteiger partial charge in [-0.25, -0.2) is 4.98 Å². The molecule has 4 heteroatoms. The second kappa shape index (κ2) is 6.22. The van der Waals surface area contributed by atoms with Gasteiger partial charge in [0.05, 0.1) is 16.7 Å². The molecule has 112 valence electrons. The largest absolute Gasteiger partial charge is 0.309 e. The molecule has 0 saturated heterocycles. The molecule has 21 heavy (non-hydrogen) atoms. The molecule has 1 aromatic heterocycles. The van der Waals surface area contributed by atoms with E-state index >= 15 is 0 Å². The maximum atomic E-state index is 12.1. The summed E-state index contributed by atoms with van der Waals surface area (Å²) >= 11 is 1.94. The molecule has 0 atom stereocenters. The van der Waals surface area contributed by atoms with E-state index in [0.717, 1.165) is 33.8 Å². The number of rotatable bonds is 3. The van der Waals surface area contributed by atoms with Crippen LogP contribution in [0.3, 0.4) is 0 Å². The fourth-order valence-corrected chi connectivity index (χ4v) is 4.15. The first-order valence-electron chi connectivity index (χ1n) is 7.73. The van der Waals surface area contributed by atoms with Crippen molar-refractivity contribution in [2.45, 2.75) is 50.5 Å². The molecule has 0 aliphatic heterocycles. The highest BCUT2D eigenvalue weighted by Gasteiger charge is 2.18. The third-order valence-corrected chi connectivity index (χ3v) is 5.79. The second-order valence-corrected chi connectivity index (χ2v) is 7.47. The van der Waals surface area contributed by atoms with Gasteiger partial charge >= 0.3 is 0 Å². The Morgan fingerprint density at radius 3 is 2.81 bits per heavy atom. The van der Waals surface area contributed by atoms with Crippen LogP contribution in [-0.2, 0) is 5.75 Å². The lowest BCUT2D eigenvalue weighted by molar-refractivity contribution is 0.393. The molecule has 0 amide bonds. The number of thioether (sulfide) groups is 1. The molecular formula is C17H22N2OS. The van der Waals surface area contributed by atoms with Gasteiger partial charge < -0.3 is 4.98 Å². The highest BCUT2D eigenvalue weighted by molar-refractivity contribution is 7.99. The predicted molar refractivity (Wildman–Crippen MR) is 89.8 cm³/mol. The zero-order chi connectivity index (χ0) is 14.8. The molecule has 0 radical (unpaired) electrons. The lowest BCUT2D eigenvalue weighted by atomic mass is 9.91. The first kappa shape index (κ1) is 14.6. The average Bonchev–Trinajstić information content (AvgIpc) is 2.48. The monoisotopic (exact) mass is 302 g/mol. The number of aromatic amines is 1. The standard InChI is InChI=1S/C17H22N2OS/c1-11-6-8-13(9-7-11)21-10-15-18-16-12(2)4-3-5-14(16)17(20)19-15/h3-5,11,13H,6-10H2,1-2H3,(H,18,19,20). The highest BCUT2D eigenvalue weighted by atomic mass is 32.2. The van der Waals surface area contributed by atoms with Gasteiger partial charge in [0, 0.05) is 5.25 Å². The maximum Gasteiger partial charge on any atom is 0.258 e. The Kier molecular flexibility index (Phi) is 4.34. The van der Waals surface area contributed by atoms with E-state index in [1.54, 1.807) is 0 Å². The molecule has 2 aromatic rings. The van der Waals surface area contributed by atoms with E-state index in [1.165, 1.54) is 25.7 Å². The maximum absolute atomic E-state index is 12.1. The number of hydrogen-bond donors (Lipinski definition) is 1. The van der Waals surface area contributed by atoms with Crippen LogP contribution in [0.4, 0.5) is 0 Å². The number of hydrogen-bond acceptors (Lipinski definition) is 3. The first-order chi connectivity index (χ1) is 10.1. The molecule has 1 aliphatic rings. The van der Waals surface area contributed by atoms with Crippen LogP contribution in [0.5, 0.6) is 0 Å². The molecule has 0 bridgehead atoms. The number of fused-ring (bicyclic) bond motifs is 1. The van der Waals surface area contributed by atoms with E-state index in [-0.39, 0.29) is 5.56 Å². The van der Waals surface area contributed by atoms with Gasteiger partial charge in [-0.05, 0) is 50.2 Å². The molecule has 0 unspecified atom stereocenters. The number of H-pyrrole nitrogens is 1. The number of para-hydroxylation sites is 1. The SMILES string of the molecule is Cc1cccc2c(=O)[nH]c(CSC3CCC(C)CC3)nc12. The smallest absolute Gasteiger partial charge is 0.258 e. The Hall–Kier alpha value is -1.29. The molecular weight excluding hydrogens is 280 g/mol. The van der Waals surface area contributed by atoms with Gasteiger partial charge in [0.25, 0.3) is 5.56 Å². The van der Waals surface area contributed by atoms with Crippen LogP contribution in [0.2, 0.25) is 0 Å². The van der Waals surface area contributed by atoms with Crippen LogP contribution in [0.15, 0.2) is 23.0 Å². The van der Waals surface area contributed by atoms with E-state index in [2.05, 4.69) is 16.9 Å². The molecule has 1 saturated carbocycles. The zero-order valence-electron chi connectivity index (χ0n) is 12.7. The van der Waals surface area contributed by atoms with E-state index in [9.17, 15) is 4.79 Å². The van der Waals surface area contributed by atoms with Crippen molar-refractivity contribution in [1.29, 1.82) is 0 Å². The summed E-state index contributed by atoms with van der Waals surface area (Å²) in [5, 5.41) is 1.41. The molecule has 3 nitrogen and oxygen atoms in total. The third-order valence-electron chi connectivity index (χ3n) is 4.41. The normalized spacial score (nSPS) is 22.6. The highest BCUT2D eigenvalue weighted by Crippen LogP contribution is 2.32. The lowest BCUT2D eigenvalue weighted by Gasteiger charge is -2.25. The van der Waals surface area contributed by atoms with Crippen molar-refractivity contribution < 1.29 is 0 Å². The Morgan fingerprint density at radius 2 is 2.05 bits per heavy atom. The predicted octanol–water partition coefficient (Wildman–Crippen LogP) is 4.04. The minimum absolute atomic E-state index is 0.0171. The molecule has 3 rings (SSSR count). The van der Waals surface area contributed by atoms with Crippen LogP contribution in [0, 0.1) is 12.8 Å². The van der Waals surface area contributed by atoms with Gasteiger partial charge in [0.1, 0.15) is 5.82 Å². The molecule has 1 aromatic carbocycles. The van der Waals surface area contributed by atoms with Crippen molar-refractivity contribution in [3.8, 4) is 0 Å². The lowest BCUT2D eigenvalue weighted by Crippen LogP contribution is -2.16. The average molecular weight is 302 g/mol. The summed E-state index contributed by atoms with van der Waals surface area (Å²) in [5.41, 5.74) is 1.89. The summed E-state index contributed by atoms with van der Waals surface area (Å²) in [6.07, 6.45) is 5.25. The number of nitrogens with zero attached hydrogens (tertiary/aromatic N) is 1. The summed E-state index contributed by atoms with van der Waals surface area (Å²) in [7, 11) is 0. The summed E-state index contributed by atoms with van der Waals surface area (Å²) in [6.45, 7) is 4.35. The van der Waals surface area contributed by atoms with Crippen LogP contribution >= 0.6 is 11.8 Å². The topological polar surface area (TPSA) is 45.8 Å². The van der Waals surface area contributed by atoms with Crippen molar-refractivity contribution in [2.75, 3.05) is 0 Å². The second-order valence-electron chi connectivity index (χ2n) is 6.18. The van der Waals surface area contributed by atoms with Crippen LogP contribution in [0.1, 0.15) is 44.0 Å². The van der Waals surface area contributed by atoms with E-state index in [0.29, 0.717) is 5.39 Å². The number of aromatic nitrogens is 2. The minimum Gasteiger partial charge on any atom is -0.309 e. The van der Waals surface area contributed by atoms with Crippen LogP contribution in [0.25, 0.3) is 10.9 Å². The van der Waals surface area contributed by atoms with Crippen molar-refractivity contribution in [2.24, 2.45) is 5.92 Å². The first-order valence-corrected chi connectivity index (χ1v) is 8.78. The van der Waals surface area contributed by atoms with Gasteiger partial charge in [-0.15, -0.1) is 0 Å². The van der Waals surface area contributed by atoms with Crippen molar-refractivity contribution >= 4 is 22.7 Å². The Morgan fingerprint density at radius 1 is 1.29 bits per heavy atom. The van der Waals surface area contributed by atoms with Gasteiger partial charge in [0.2, 0.25) is 0 Å². The third kappa shape index (κ3) is 3.31. The fourth-order valence-electron chi connectivity index (χ4n) is 3.01. The van der Waals surface area contributed by atoms with Crippen molar-refractivity contribution in [3.05, 3.63) is 39.9 Å². The Balaban J connectivity index is 1.75. The van der Waals surface area contributed by atoms with Crippen LogP contribution < -0.4 is 5.56 Å². The van der Waals surface area contributed by atoms with Crippen molar-refractivity contribution in [3.63, 3.8) is 0 Å². The molecule has 1 aliphatic carbocycles. The van der Waals surface area contributed by atoms with Gasteiger partial charge in [0.15, 0.2) is 0 Å². The van der Waals surface area contributed by atoms with E-state index < -0.39 is 0 Å². The number of benzene rings is 1. The van der Waals surface area contributed by atoms with Crippen LogP contribution in [-0.4, -0.2) is 15.2 Å². The van der Waals surface area contributed by atoms with Gasteiger partial charge in [-0.1, -0.05) is 19.1 Å². The molecule has 1 fully saturated rings. The summed E-state index contributed by atoms with van der Waals surface area (Å²) < 4.78 is 0. The van der Waals surface area contributed by atoms with E-state index in [4.69, 9.17) is 0 Å². The molecule has 0 spiro atoms. The summed E-state index contributed by atoms with van der Waals surface area (Å²) in [5.74, 6) is 2.49. The molecule has 1 heterocycles. The molecule has 1 N–H and O–H groups in total. The minimum atomic E-state index is -0.0171. The summed E-state index contributed by atoms with van der Waals surface area (Å²) in [4.78, 5) is 19.7. The summed E-state index contributed by atoms with van der Waals surface area (Å²) in [6, 6.07) is 5.76. The number of aryl methyl sites for hydroxylation is 1. The number of nitrogens with one attached hydrogen (secondary N) is 1. The van der Waals surface area contributed by atoms with Gasteiger partial charge in [-0.3, -0.25) is 4.79 Å².